The number of imidazole rings is 1. The normalized spacial score (nSPS) is 10.7. The van der Waals surface area contributed by atoms with E-state index in [-0.39, 0.29) is 5.75 Å². The monoisotopic (exact) mass is 340 g/mol. The van der Waals surface area contributed by atoms with Gasteiger partial charge in [0.2, 0.25) is 0 Å². The van der Waals surface area contributed by atoms with Gasteiger partial charge >= 0.3 is 5.97 Å². The summed E-state index contributed by atoms with van der Waals surface area (Å²) in [5, 5.41) is 9.47. The largest absolute Gasteiger partial charge is 0.481 e. The minimum absolute atomic E-state index is 0.00348. The first-order valence-corrected chi connectivity index (χ1v) is 7.43. The lowest BCUT2D eigenvalue weighted by molar-refractivity contribution is -0.133. The van der Waals surface area contributed by atoms with Crippen molar-refractivity contribution in [3.63, 3.8) is 0 Å². The molecule has 1 aromatic heterocycles. The van der Waals surface area contributed by atoms with Gasteiger partial charge in [0.1, 0.15) is 0 Å². The zero-order valence-electron chi connectivity index (χ0n) is 10.6. The molecule has 0 fully saturated rings. The van der Waals surface area contributed by atoms with Gasteiger partial charge in [-0.05, 0) is 31.5 Å². The van der Waals surface area contributed by atoms with Crippen molar-refractivity contribution in [2.45, 2.75) is 19.0 Å². The van der Waals surface area contributed by atoms with Gasteiger partial charge in [-0.25, -0.2) is 4.98 Å². The molecule has 0 saturated carbocycles. The molecule has 0 unspecified atom stereocenters. The highest BCUT2D eigenvalue weighted by atomic mass is 79.9. The number of aromatic nitrogens is 2. The number of aryl methyl sites for hydroxylation is 1. The molecule has 0 radical (unpaired) electrons. The lowest BCUT2D eigenvalue weighted by Crippen LogP contribution is -2.04. The highest BCUT2D eigenvalue weighted by Gasteiger charge is 2.13. The second-order valence-electron chi connectivity index (χ2n) is 4.08. The number of thioether (sulfide) groups is 1. The number of carbonyl (C=O) groups is 1. The van der Waals surface area contributed by atoms with Gasteiger partial charge in [-0.2, -0.15) is 0 Å². The smallest absolute Gasteiger partial charge is 0.313 e. The van der Waals surface area contributed by atoms with Crippen molar-refractivity contribution in [2.24, 2.45) is 0 Å². The first-order chi connectivity index (χ1) is 9.00. The van der Waals surface area contributed by atoms with Crippen LogP contribution in [0.4, 0.5) is 0 Å². The summed E-state index contributed by atoms with van der Waals surface area (Å²) < 4.78 is 3.00. The van der Waals surface area contributed by atoms with Crippen molar-refractivity contribution < 1.29 is 9.90 Å². The predicted octanol–water partition coefficient (Wildman–Crippen LogP) is 3.43. The van der Waals surface area contributed by atoms with Crippen molar-refractivity contribution in [3.8, 4) is 5.69 Å². The number of benzene rings is 1. The van der Waals surface area contributed by atoms with Gasteiger partial charge in [0.05, 0.1) is 11.4 Å². The lowest BCUT2D eigenvalue weighted by atomic mass is 10.2. The van der Waals surface area contributed by atoms with Gasteiger partial charge in [-0.3, -0.25) is 9.36 Å². The van der Waals surface area contributed by atoms with Crippen LogP contribution in [-0.2, 0) is 4.79 Å². The molecule has 0 amide bonds. The third-order valence-electron chi connectivity index (χ3n) is 2.71. The van der Waals surface area contributed by atoms with Crippen LogP contribution in [0.15, 0.2) is 34.0 Å². The van der Waals surface area contributed by atoms with Gasteiger partial charge in [0, 0.05) is 16.4 Å². The molecule has 6 heteroatoms. The fraction of sp³-hybridized carbons (Fsp3) is 0.231. The van der Waals surface area contributed by atoms with Crippen LogP contribution in [0, 0.1) is 13.8 Å². The molecule has 19 heavy (non-hydrogen) atoms. The predicted molar refractivity (Wildman–Crippen MR) is 79.1 cm³/mol. The molecule has 0 aliphatic heterocycles. The number of hydrogen-bond donors (Lipinski definition) is 1. The Bertz CT molecular complexity index is 625. The molecule has 0 aliphatic carbocycles. The molecule has 0 aliphatic rings. The maximum absolute atomic E-state index is 10.7. The highest BCUT2D eigenvalue weighted by Crippen LogP contribution is 2.28. The maximum atomic E-state index is 10.7. The van der Waals surface area contributed by atoms with E-state index in [1.54, 1.807) is 6.20 Å². The highest BCUT2D eigenvalue weighted by molar-refractivity contribution is 9.10. The lowest BCUT2D eigenvalue weighted by Gasteiger charge is -2.13. The Morgan fingerprint density at radius 3 is 2.89 bits per heavy atom. The quantitative estimate of drug-likeness (QED) is 0.866. The molecular formula is C13H13BrN2O2S. The third kappa shape index (κ3) is 3.01. The average molecular weight is 341 g/mol. The summed E-state index contributed by atoms with van der Waals surface area (Å²) in [6.45, 7) is 3.97. The van der Waals surface area contributed by atoms with Crippen molar-refractivity contribution >= 4 is 33.7 Å². The molecule has 2 rings (SSSR count). The minimum atomic E-state index is -0.844. The Balaban J connectivity index is 2.46. The van der Waals surface area contributed by atoms with E-state index < -0.39 is 5.97 Å². The molecule has 100 valence electrons. The Hall–Kier alpha value is -1.27. The van der Waals surface area contributed by atoms with Gasteiger partial charge in [0.25, 0.3) is 0 Å². The average Bonchev–Trinajstić information content (AvgIpc) is 2.72. The molecule has 0 bridgehead atoms. The third-order valence-corrected chi connectivity index (χ3v) is 4.51. The first-order valence-electron chi connectivity index (χ1n) is 5.65. The maximum Gasteiger partial charge on any atom is 0.313 e. The van der Waals surface area contributed by atoms with Gasteiger partial charge < -0.3 is 5.11 Å². The van der Waals surface area contributed by atoms with Crippen molar-refractivity contribution in [3.05, 3.63) is 40.1 Å². The summed E-state index contributed by atoms with van der Waals surface area (Å²) in [5.41, 5.74) is 3.09. The summed E-state index contributed by atoms with van der Waals surface area (Å²) in [7, 11) is 0. The fourth-order valence-electron chi connectivity index (χ4n) is 1.77. The zero-order chi connectivity index (χ0) is 14.0. The number of nitrogens with zero attached hydrogens (tertiary/aromatic N) is 2. The summed E-state index contributed by atoms with van der Waals surface area (Å²) >= 11 is 4.73. The second kappa shape index (κ2) is 5.79. The van der Waals surface area contributed by atoms with E-state index in [1.165, 1.54) is 11.8 Å². The van der Waals surface area contributed by atoms with E-state index in [4.69, 9.17) is 5.11 Å². The van der Waals surface area contributed by atoms with Crippen LogP contribution in [0.2, 0.25) is 0 Å². The number of hydrogen-bond acceptors (Lipinski definition) is 3. The van der Waals surface area contributed by atoms with Crippen molar-refractivity contribution in [1.29, 1.82) is 0 Å². The van der Waals surface area contributed by atoms with E-state index >= 15 is 0 Å². The summed E-state index contributed by atoms with van der Waals surface area (Å²) in [4.78, 5) is 15.0. The molecule has 0 atom stereocenters. The standard InChI is InChI=1S/C13H13BrN2O2S/c1-8-6-15-13(19-7-12(17)18)16(8)11-5-3-4-10(14)9(11)2/h3-6H,7H2,1-2H3,(H,17,18). The van der Waals surface area contributed by atoms with E-state index in [0.29, 0.717) is 5.16 Å². The van der Waals surface area contributed by atoms with Crippen molar-refractivity contribution in [2.75, 3.05) is 5.75 Å². The number of halogens is 1. The van der Waals surface area contributed by atoms with Crippen LogP contribution < -0.4 is 0 Å². The molecule has 1 N–H and O–H groups in total. The Labute approximate surface area is 124 Å². The molecule has 2 aromatic rings. The second-order valence-corrected chi connectivity index (χ2v) is 5.88. The summed E-state index contributed by atoms with van der Waals surface area (Å²) in [6.07, 6.45) is 1.75. The SMILES string of the molecule is Cc1c(Br)cccc1-n1c(C)cnc1SCC(=O)O. The number of carboxylic acid groups (broad SMARTS) is 1. The van der Waals surface area contributed by atoms with Gasteiger partial charge in [0.15, 0.2) is 5.16 Å². The molecule has 1 heterocycles. The fourth-order valence-corrected chi connectivity index (χ4v) is 2.88. The van der Waals surface area contributed by atoms with E-state index in [2.05, 4.69) is 20.9 Å². The van der Waals surface area contributed by atoms with Gasteiger partial charge in [-0.1, -0.05) is 33.8 Å². The number of carboxylic acids is 1. The van der Waals surface area contributed by atoms with Crippen LogP contribution in [-0.4, -0.2) is 26.4 Å². The molecule has 1 aromatic carbocycles. The molecular weight excluding hydrogens is 328 g/mol. The number of rotatable bonds is 4. The molecule has 4 nitrogen and oxygen atoms in total. The summed E-state index contributed by atoms with van der Waals surface area (Å²) in [5.74, 6) is -0.841. The van der Waals surface area contributed by atoms with Crippen LogP contribution in [0.3, 0.4) is 0 Å². The summed E-state index contributed by atoms with van der Waals surface area (Å²) in [6, 6.07) is 5.94. The first kappa shape index (κ1) is 14.1. The Morgan fingerprint density at radius 2 is 2.21 bits per heavy atom. The number of aliphatic carboxylic acids is 1. The topological polar surface area (TPSA) is 55.1 Å². The van der Waals surface area contributed by atoms with Crippen LogP contribution in [0.5, 0.6) is 0 Å². The van der Waals surface area contributed by atoms with Crippen LogP contribution in [0.25, 0.3) is 5.69 Å². The molecule has 0 saturated heterocycles. The van der Waals surface area contributed by atoms with Crippen LogP contribution >= 0.6 is 27.7 Å². The van der Waals surface area contributed by atoms with E-state index in [9.17, 15) is 4.79 Å². The van der Waals surface area contributed by atoms with E-state index in [0.717, 1.165) is 21.4 Å². The van der Waals surface area contributed by atoms with E-state index in [1.807, 2.05) is 36.6 Å². The molecule has 0 spiro atoms. The Kier molecular flexibility index (Phi) is 4.31. The van der Waals surface area contributed by atoms with Gasteiger partial charge in [-0.15, -0.1) is 0 Å². The minimum Gasteiger partial charge on any atom is -0.481 e. The Morgan fingerprint density at radius 1 is 1.47 bits per heavy atom. The van der Waals surface area contributed by atoms with Crippen molar-refractivity contribution in [1.82, 2.24) is 9.55 Å². The zero-order valence-corrected chi connectivity index (χ0v) is 13.0. The van der Waals surface area contributed by atoms with Crippen LogP contribution in [0.1, 0.15) is 11.3 Å².